The van der Waals surface area contributed by atoms with E-state index < -0.39 is 27.0 Å². The Morgan fingerprint density at radius 1 is 1.39 bits per heavy atom. The van der Waals surface area contributed by atoms with E-state index in [0.717, 1.165) is 0 Å². The summed E-state index contributed by atoms with van der Waals surface area (Å²) in [6, 6.07) is 0. The van der Waals surface area contributed by atoms with Crippen LogP contribution in [0.25, 0.3) is 0 Å². The summed E-state index contributed by atoms with van der Waals surface area (Å²) in [5.74, 6) is -0.179. The number of piperidine rings is 1. The molecule has 0 spiro atoms. The number of sulfonamides is 1. The van der Waals surface area contributed by atoms with Crippen molar-refractivity contribution in [2.24, 2.45) is 11.1 Å². The number of amides is 1. The minimum Gasteiger partial charge on any atom is -0.444 e. The summed E-state index contributed by atoms with van der Waals surface area (Å²) in [6.45, 7) is 7.89. The molecule has 0 bridgehead atoms. The third-order valence-electron chi connectivity index (χ3n) is 2.90. The van der Waals surface area contributed by atoms with Gasteiger partial charge in [-0.3, -0.25) is 0 Å². The number of rotatable bonds is 1. The standard InChI is InChI=1S/C11H22N2O4S/c1-8-7-13(10(14)17-11(2,3)4)6-5-9(8)18(12,15)16/h8-9H,5-7H2,1-4H3,(H2,12,15,16). The number of carbonyl (C=O) groups excluding carboxylic acids is 1. The van der Waals surface area contributed by atoms with Crippen molar-refractivity contribution in [3.8, 4) is 0 Å². The summed E-state index contributed by atoms with van der Waals surface area (Å²) < 4.78 is 27.9. The fourth-order valence-electron chi connectivity index (χ4n) is 2.10. The molecule has 2 N–H and O–H groups in total. The van der Waals surface area contributed by atoms with E-state index in [1.165, 1.54) is 4.90 Å². The van der Waals surface area contributed by atoms with E-state index in [1.54, 1.807) is 27.7 Å². The van der Waals surface area contributed by atoms with Crippen LogP contribution in [0.15, 0.2) is 0 Å². The van der Waals surface area contributed by atoms with Crippen LogP contribution in [0.1, 0.15) is 34.1 Å². The normalized spacial score (nSPS) is 25.9. The molecule has 1 saturated heterocycles. The maximum atomic E-state index is 11.8. The van der Waals surface area contributed by atoms with E-state index in [2.05, 4.69) is 0 Å². The summed E-state index contributed by atoms with van der Waals surface area (Å²) >= 11 is 0. The molecule has 1 amide bonds. The van der Waals surface area contributed by atoms with Crippen LogP contribution in [-0.2, 0) is 14.8 Å². The second kappa shape index (κ2) is 5.05. The molecule has 1 fully saturated rings. The highest BCUT2D eigenvalue weighted by Gasteiger charge is 2.36. The zero-order valence-electron chi connectivity index (χ0n) is 11.3. The molecule has 0 aromatic heterocycles. The third kappa shape index (κ3) is 4.13. The van der Waals surface area contributed by atoms with Gasteiger partial charge < -0.3 is 9.64 Å². The van der Waals surface area contributed by atoms with Gasteiger partial charge in [-0.05, 0) is 33.1 Å². The molecule has 2 unspecified atom stereocenters. The number of hydrogen-bond donors (Lipinski definition) is 1. The van der Waals surface area contributed by atoms with Crippen LogP contribution in [0.2, 0.25) is 0 Å². The first-order chi connectivity index (χ1) is 8.00. The van der Waals surface area contributed by atoms with E-state index in [1.807, 2.05) is 0 Å². The fraction of sp³-hybridized carbons (Fsp3) is 0.909. The van der Waals surface area contributed by atoms with E-state index in [0.29, 0.717) is 19.5 Å². The predicted octanol–water partition coefficient (Wildman–Crippen LogP) is 0.920. The summed E-state index contributed by atoms with van der Waals surface area (Å²) in [5, 5.41) is 4.59. The van der Waals surface area contributed by atoms with Crippen molar-refractivity contribution < 1.29 is 17.9 Å². The maximum absolute atomic E-state index is 11.8. The SMILES string of the molecule is CC1CN(C(=O)OC(C)(C)C)CCC1S(N)(=O)=O. The van der Waals surface area contributed by atoms with Crippen molar-refractivity contribution in [3.63, 3.8) is 0 Å². The monoisotopic (exact) mass is 278 g/mol. The van der Waals surface area contributed by atoms with Crippen molar-refractivity contribution in [2.45, 2.75) is 45.0 Å². The molecule has 1 aliphatic rings. The molecule has 0 aromatic carbocycles. The number of carbonyl (C=O) groups is 1. The molecule has 7 heteroatoms. The lowest BCUT2D eigenvalue weighted by molar-refractivity contribution is 0.0177. The first kappa shape index (κ1) is 15.2. The van der Waals surface area contributed by atoms with E-state index in [9.17, 15) is 13.2 Å². The van der Waals surface area contributed by atoms with Gasteiger partial charge in [-0.1, -0.05) is 6.92 Å². The summed E-state index contributed by atoms with van der Waals surface area (Å²) in [7, 11) is -3.54. The smallest absolute Gasteiger partial charge is 0.410 e. The molecular formula is C11H22N2O4S. The van der Waals surface area contributed by atoms with Gasteiger partial charge in [0.2, 0.25) is 10.0 Å². The van der Waals surface area contributed by atoms with Crippen molar-refractivity contribution in [3.05, 3.63) is 0 Å². The van der Waals surface area contributed by atoms with Crippen molar-refractivity contribution >= 4 is 16.1 Å². The minimum atomic E-state index is -3.54. The molecular weight excluding hydrogens is 256 g/mol. The van der Waals surface area contributed by atoms with Gasteiger partial charge in [0.15, 0.2) is 0 Å². The van der Waals surface area contributed by atoms with Crippen LogP contribution in [0, 0.1) is 5.92 Å². The zero-order chi connectivity index (χ0) is 14.1. The average molecular weight is 278 g/mol. The molecule has 0 aliphatic carbocycles. The first-order valence-corrected chi connectivity index (χ1v) is 7.61. The molecule has 0 saturated carbocycles. The van der Waals surface area contributed by atoms with Crippen LogP contribution >= 0.6 is 0 Å². The average Bonchev–Trinajstić information content (AvgIpc) is 2.12. The molecule has 106 valence electrons. The molecule has 18 heavy (non-hydrogen) atoms. The quantitative estimate of drug-likeness (QED) is 0.772. The zero-order valence-corrected chi connectivity index (χ0v) is 12.2. The second-order valence-corrected chi connectivity index (χ2v) is 7.60. The van der Waals surface area contributed by atoms with Gasteiger partial charge in [-0.2, -0.15) is 0 Å². The molecule has 0 aromatic rings. The Hall–Kier alpha value is -0.820. The number of primary sulfonamides is 1. The lowest BCUT2D eigenvalue weighted by Crippen LogP contribution is -2.50. The van der Waals surface area contributed by atoms with Crippen LogP contribution < -0.4 is 5.14 Å². The Balaban J connectivity index is 2.64. The second-order valence-electron chi connectivity index (χ2n) is 5.82. The third-order valence-corrected chi connectivity index (χ3v) is 4.44. The molecule has 0 radical (unpaired) electrons. The molecule has 1 aliphatic heterocycles. The van der Waals surface area contributed by atoms with E-state index >= 15 is 0 Å². The van der Waals surface area contributed by atoms with Crippen molar-refractivity contribution in [1.82, 2.24) is 4.90 Å². The van der Waals surface area contributed by atoms with Crippen LogP contribution in [-0.4, -0.2) is 43.4 Å². The number of nitrogens with zero attached hydrogens (tertiary/aromatic N) is 1. The van der Waals surface area contributed by atoms with Gasteiger partial charge in [-0.25, -0.2) is 18.4 Å². The highest BCUT2D eigenvalue weighted by atomic mass is 32.2. The topological polar surface area (TPSA) is 89.7 Å². The fourth-order valence-corrected chi connectivity index (χ4v) is 3.27. The van der Waals surface area contributed by atoms with E-state index in [-0.39, 0.29) is 5.92 Å². The van der Waals surface area contributed by atoms with Gasteiger partial charge in [0.1, 0.15) is 5.60 Å². The lowest BCUT2D eigenvalue weighted by atomic mass is 10.00. The number of hydrogen-bond acceptors (Lipinski definition) is 4. The lowest BCUT2D eigenvalue weighted by Gasteiger charge is -2.36. The Morgan fingerprint density at radius 3 is 2.33 bits per heavy atom. The van der Waals surface area contributed by atoms with Gasteiger partial charge in [0.05, 0.1) is 5.25 Å². The van der Waals surface area contributed by atoms with Gasteiger partial charge >= 0.3 is 6.09 Å². The first-order valence-electron chi connectivity index (χ1n) is 6.00. The summed E-state index contributed by atoms with van der Waals surface area (Å²) in [5.41, 5.74) is -0.545. The Bertz CT molecular complexity index is 413. The molecule has 2 atom stereocenters. The maximum Gasteiger partial charge on any atom is 0.410 e. The van der Waals surface area contributed by atoms with Gasteiger partial charge in [0, 0.05) is 13.1 Å². The molecule has 1 rings (SSSR count). The van der Waals surface area contributed by atoms with E-state index in [4.69, 9.17) is 9.88 Å². The molecule has 1 heterocycles. The van der Waals surface area contributed by atoms with Crippen molar-refractivity contribution in [1.29, 1.82) is 0 Å². The Kier molecular flexibility index (Phi) is 4.27. The highest BCUT2D eigenvalue weighted by Crippen LogP contribution is 2.23. The Labute approximate surface area is 109 Å². The van der Waals surface area contributed by atoms with Gasteiger partial charge in [0.25, 0.3) is 0 Å². The van der Waals surface area contributed by atoms with Crippen LogP contribution in [0.4, 0.5) is 4.79 Å². The largest absolute Gasteiger partial charge is 0.444 e. The van der Waals surface area contributed by atoms with Crippen LogP contribution in [0.5, 0.6) is 0 Å². The molecule has 6 nitrogen and oxygen atoms in total. The number of nitrogens with two attached hydrogens (primary N) is 1. The highest BCUT2D eigenvalue weighted by molar-refractivity contribution is 7.89. The Morgan fingerprint density at radius 2 is 1.94 bits per heavy atom. The van der Waals surface area contributed by atoms with Crippen molar-refractivity contribution in [2.75, 3.05) is 13.1 Å². The van der Waals surface area contributed by atoms with Crippen LogP contribution in [0.3, 0.4) is 0 Å². The summed E-state index contributed by atoms with van der Waals surface area (Å²) in [4.78, 5) is 13.4. The predicted molar refractivity (Wildman–Crippen MR) is 68.5 cm³/mol. The number of ether oxygens (including phenoxy) is 1. The summed E-state index contributed by atoms with van der Waals surface area (Å²) in [6.07, 6.45) is -0.0404. The van der Waals surface area contributed by atoms with Gasteiger partial charge in [-0.15, -0.1) is 0 Å². The number of likely N-dealkylation sites (tertiary alicyclic amines) is 1. The minimum absolute atomic E-state index is 0.179.